The molecule has 1 aromatic rings. The molecule has 0 aliphatic heterocycles. The number of hydrogen-bond acceptors (Lipinski definition) is 1. The van der Waals surface area contributed by atoms with E-state index in [4.69, 9.17) is 17.3 Å². The van der Waals surface area contributed by atoms with E-state index in [-0.39, 0.29) is 11.2 Å². The molecule has 3 heteroatoms. The van der Waals surface area contributed by atoms with Crippen molar-refractivity contribution >= 4 is 11.6 Å². The maximum Gasteiger partial charge on any atom is 0.124 e. The first-order valence-corrected chi connectivity index (χ1v) is 6.02. The van der Waals surface area contributed by atoms with Crippen molar-refractivity contribution in [2.24, 2.45) is 11.1 Å². The van der Waals surface area contributed by atoms with Gasteiger partial charge in [0.15, 0.2) is 0 Å². The molecule has 0 heterocycles. The summed E-state index contributed by atoms with van der Waals surface area (Å²) >= 11 is 6.01. The van der Waals surface area contributed by atoms with Crippen LogP contribution in [-0.2, 0) is 6.42 Å². The smallest absolute Gasteiger partial charge is 0.124 e. The van der Waals surface area contributed by atoms with Crippen molar-refractivity contribution in [3.63, 3.8) is 0 Å². The molecule has 0 radical (unpaired) electrons. The molecule has 0 saturated carbocycles. The summed E-state index contributed by atoms with van der Waals surface area (Å²) in [5.74, 6) is -0.293. The first-order valence-electron chi connectivity index (χ1n) is 5.65. The summed E-state index contributed by atoms with van der Waals surface area (Å²) in [6.07, 6.45) is 2.94. The van der Waals surface area contributed by atoms with E-state index in [1.54, 1.807) is 6.07 Å². The van der Waals surface area contributed by atoms with E-state index >= 15 is 0 Å². The minimum absolute atomic E-state index is 0.0518. The second-order valence-electron chi connectivity index (χ2n) is 4.68. The number of benzene rings is 1. The number of hydrogen-bond donors (Lipinski definition) is 1. The Morgan fingerprint density at radius 3 is 2.62 bits per heavy atom. The average molecular weight is 244 g/mol. The van der Waals surface area contributed by atoms with Gasteiger partial charge < -0.3 is 5.73 Å². The van der Waals surface area contributed by atoms with Crippen molar-refractivity contribution < 1.29 is 4.39 Å². The Morgan fingerprint density at radius 2 is 2.12 bits per heavy atom. The van der Waals surface area contributed by atoms with Gasteiger partial charge in [0.25, 0.3) is 0 Å². The highest BCUT2D eigenvalue weighted by Crippen LogP contribution is 2.30. The first-order chi connectivity index (χ1) is 7.50. The summed E-state index contributed by atoms with van der Waals surface area (Å²) in [6.45, 7) is 4.91. The van der Waals surface area contributed by atoms with Gasteiger partial charge >= 0.3 is 0 Å². The molecule has 0 saturated heterocycles. The Balaban J connectivity index is 2.85. The summed E-state index contributed by atoms with van der Waals surface area (Å²) in [6, 6.07) is 4.56. The van der Waals surface area contributed by atoms with E-state index in [0.29, 0.717) is 11.6 Å². The van der Waals surface area contributed by atoms with Crippen LogP contribution in [0.3, 0.4) is 0 Å². The maximum atomic E-state index is 12.9. The Labute approximate surface area is 102 Å². The minimum Gasteiger partial charge on any atom is -0.330 e. The van der Waals surface area contributed by atoms with Crippen LogP contribution >= 0.6 is 11.6 Å². The molecule has 1 unspecified atom stereocenters. The fraction of sp³-hybridized carbons (Fsp3) is 0.538. The van der Waals surface area contributed by atoms with E-state index in [1.807, 2.05) is 0 Å². The predicted molar refractivity (Wildman–Crippen MR) is 67.2 cm³/mol. The Morgan fingerprint density at radius 1 is 1.44 bits per heavy atom. The third kappa shape index (κ3) is 3.46. The molecule has 0 aromatic heterocycles. The standard InChI is InChI=1S/C13H19ClFN/c1-3-6-13(2,9-16)8-10-4-5-11(15)7-12(10)14/h4-5,7H,3,6,8-9,16H2,1-2H3. The van der Waals surface area contributed by atoms with Crippen LogP contribution < -0.4 is 5.73 Å². The molecule has 1 nitrogen and oxygen atoms in total. The second-order valence-corrected chi connectivity index (χ2v) is 5.08. The van der Waals surface area contributed by atoms with Crippen molar-refractivity contribution in [2.45, 2.75) is 33.1 Å². The highest BCUT2D eigenvalue weighted by Gasteiger charge is 2.23. The molecule has 0 aliphatic rings. The van der Waals surface area contributed by atoms with Gasteiger partial charge in [-0.1, -0.05) is 37.9 Å². The molecule has 0 aliphatic carbocycles. The zero-order valence-corrected chi connectivity index (χ0v) is 10.6. The highest BCUT2D eigenvalue weighted by atomic mass is 35.5. The number of nitrogens with two attached hydrogens (primary N) is 1. The van der Waals surface area contributed by atoms with Crippen molar-refractivity contribution in [1.29, 1.82) is 0 Å². The summed E-state index contributed by atoms with van der Waals surface area (Å²) in [4.78, 5) is 0. The number of halogens is 2. The van der Waals surface area contributed by atoms with E-state index in [9.17, 15) is 4.39 Å². The fourth-order valence-corrected chi connectivity index (χ4v) is 2.23. The second kappa shape index (κ2) is 5.65. The van der Waals surface area contributed by atoms with Crippen LogP contribution in [0.15, 0.2) is 18.2 Å². The summed E-state index contributed by atoms with van der Waals surface area (Å²) in [5, 5.41) is 0.496. The monoisotopic (exact) mass is 243 g/mol. The molecular weight excluding hydrogens is 225 g/mol. The fourth-order valence-electron chi connectivity index (χ4n) is 1.99. The lowest BCUT2D eigenvalue weighted by Crippen LogP contribution is -2.29. The van der Waals surface area contributed by atoms with Gasteiger partial charge in [-0.3, -0.25) is 0 Å². The van der Waals surface area contributed by atoms with Crippen LogP contribution in [0.25, 0.3) is 0 Å². The van der Waals surface area contributed by atoms with E-state index in [0.717, 1.165) is 24.8 Å². The Hall–Kier alpha value is -0.600. The largest absolute Gasteiger partial charge is 0.330 e. The van der Waals surface area contributed by atoms with Crippen LogP contribution in [0.1, 0.15) is 32.3 Å². The molecule has 0 bridgehead atoms. The Kier molecular flexibility index (Phi) is 4.75. The minimum atomic E-state index is -0.293. The zero-order valence-electron chi connectivity index (χ0n) is 9.89. The lowest BCUT2D eigenvalue weighted by molar-refractivity contribution is 0.302. The molecule has 1 aromatic carbocycles. The van der Waals surface area contributed by atoms with Gasteiger partial charge in [-0.05, 0) is 42.5 Å². The van der Waals surface area contributed by atoms with Crippen LogP contribution in [0, 0.1) is 11.2 Å². The molecule has 0 amide bonds. The predicted octanol–water partition coefficient (Wildman–Crippen LogP) is 3.79. The molecule has 90 valence electrons. The molecular formula is C13H19ClFN. The lowest BCUT2D eigenvalue weighted by atomic mass is 9.80. The van der Waals surface area contributed by atoms with Crippen LogP contribution in [-0.4, -0.2) is 6.54 Å². The van der Waals surface area contributed by atoms with Gasteiger partial charge in [-0.15, -0.1) is 0 Å². The Bertz CT molecular complexity index is 354. The van der Waals surface area contributed by atoms with Crippen molar-refractivity contribution in [3.05, 3.63) is 34.6 Å². The van der Waals surface area contributed by atoms with E-state index < -0.39 is 0 Å². The van der Waals surface area contributed by atoms with Gasteiger partial charge in [0.1, 0.15) is 5.82 Å². The van der Waals surface area contributed by atoms with Crippen molar-refractivity contribution in [3.8, 4) is 0 Å². The van der Waals surface area contributed by atoms with Crippen LogP contribution in [0.5, 0.6) is 0 Å². The van der Waals surface area contributed by atoms with Crippen molar-refractivity contribution in [1.82, 2.24) is 0 Å². The summed E-state index contributed by atoms with van der Waals surface area (Å²) in [7, 11) is 0. The third-order valence-electron chi connectivity index (χ3n) is 2.98. The van der Waals surface area contributed by atoms with Crippen molar-refractivity contribution in [2.75, 3.05) is 6.54 Å². The van der Waals surface area contributed by atoms with Gasteiger partial charge in [0.2, 0.25) is 0 Å². The SMILES string of the molecule is CCCC(C)(CN)Cc1ccc(F)cc1Cl. The third-order valence-corrected chi connectivity index (χ3v) is 3.33. The van der Waals surface area contributed by atoms with E-state index in [1.165, 1.54) is 12.1 Å². The highest BCUT2D eigenvalue weighted by molar-refractivity contribution is 6.31. The van der Waals surface area contributed by atoms with Gasteiger partial charge in [0, 0.05) is 5.02 Å². The molecule has 16 heavy (non-hydrogen) atoms. The first kappa shape index (κ1) is 13.5. The molecule has 2 N–H and O–H groups in total. The summed E-state index contributed by atoms with van der Waals surface area (Å²) < 4.78 is 12.9. The molecule has 1 rings (SSSR count). The van der Waals surface area contributed by atoms with Crippen LogP contribution in [0.2, 0.25) is 5.02 Å². The average Bonchev–Trinajstić information content (AvgIpc) is 2.23. The number of rotatable bonds is 5. The molecule has 0 fully saturated rings. The van der Waals surface area contributed by atoms with Crippen LogP contribution in [0.4, 0.5) is 4.39 Å². The lowest BCUT2D eigenvalue weighted by Gasteiger charge is -2.28. The summed E-state index contributed by atoms with van der Waals surface area (Å²) in [5.41, 5.74) is 6.83. The quantitative estimate of drug-likeness (QED) is 0.837. The molecule has 0 spiro atoms. The van der Waals surface area contributed by atoms with Gasteiger partial charge in [-0.25, -0.2) is 4.39 Å². The topological polar surface area (TPSA) is 26.0 Å². The molecule has 1 atom stereocenters. The maximum absolute atomic E-state index is 12.9. The van der Waals surface area contributed by atoms with Gasteiger partial charge in [-0.2, -0.15) is 0 Å². The van der Waals surface area contributed by atoms with Gasteiger partial charge in [0.05, 0.1) is 0 Å². The normalized spacial score (nSPS) is 14.8. The zero-order chi connectivity index (χ0) is 12.2. The van der Waals surface area contributed by atoms with E-state index in [2.05, 4.69) is 13.8 Å².